The van der Waals surface area contributed by atoms with E-state index in [1.54, 1.807) is 23.1 Å². The van der Waals surface area contributed by atoms with Crippen molar-refractivity contribution in [2.75, 3.05) is 13.7 Å². The van der Waals surface area contributed by atoms with Crippen molar-refractivity contribution in [2.45, 2.75) is 13.1 Å². The van der Waals surface area contributed by atoms with Gasteiger partial charge in [0.15, 0.2) is 0 Å². The highest BCUT2D eigenvalue weighted by Crippen LogP contribution is 2.23. The highest BCUT2D eigenvalue weighted by molar-refractivity contribution is 5.98. The topological polar surface area (TPSA) is 51.5 Å². The van der Waals surface area contributed by atoms with E-state index < -0.39 is 0 Å². The molecule has 0 atom stereocenters. The summed E-state index contributed by atoms with van der Waals surface area (Å²) in [7, 11) is 1.52. The minimum atomic E-state index is -0.108. The van der Waals surface area contributed by atoms with E-state index in [1.807, 2.05) is 18.3 Å². The van der Waals surface area contributed by atoms with Gasteiger partial charge < -0.3 is 14.2 Å². The van der Waals surface area contributed by atoms with Crippen molar-refractivity contribution in [1.82, 2.24) is 9.47 Å². The maximum atomic E-state index is 12.7. The smallest absolute Gasteiger partial charge is 0.258 e. The van der Waals surface area contributed by atoms with Crippen molar-refractivity contribution in [2.24, 2.45) is 0 Å². The standard InChI is InChI=1S/C16H16N2O3/c1-21-15-5-4-12(11-19)9-14(15)16(20)18-8-7-17-6-2-3-13(17)10-18/h2-6,9,11H,7-8,10H2,1H3. The Hall–Kier alpha value is -2.56. The number of ether oxygens (including phenoxy) is 1. The number of nitrogens with zero attached hydrogens (tertiary/aromatic N) is 2. The lowest BCUT2D eigenvalue weighted by Gasteiger charge is -2.29. The lowest BCUT2D eigenvalue weighted by molar-refractivity contribution is 0.0708. The summed E-state index contributed by atoms with van der Waals surface area (Å²) in [5, 5.41) is 0. The lowest BCUT2D eigenvalue weighted by atomic mass is 10.1. The number of amides is 1. The van der Waals surface area contributed by atoms with Gasteiger partial charge in [-0.15, -0.1) is 0 Å². The molecule has 0 N–H and O–H groups in total. The molecular formula is C16H16N2O3. The molecule has 108 valence electrons. The number of aromatic nitrogens is 1. The summed E-state index contributed by atoms with van der Waals surface area (Å²) in [6.07, 6.45) is 2.75. The average molecular weight is 284 g/mol. The number of hydrogen-bond donors (Lipinski definition) is 0. The molecule has 0 radical (unpaired) electrons. The van der Waals surface area contributed by atoms with Crippen molar-refractivity contribution < 1.29 is 14.3 Å². The minimum Gasteiger partial charge on any atom is -0.496 e. The summed E-state index contributed by atoms with van der Waals surface area (Å²) in [6, 6.07) is 8.88. The van der Waals surface area contributed by atoms with E-state index in [1.165, 1.54) is 7.11 Å². The number of aldehydes is 1. The first-order valence-electron chi connectivity index (χ1n) is 6.79. The zero-order valence-electron chi connectivity index (χ0n) is 11.8. The van der Waals surface area contributed by atoms with Crippen LogP contribution in [0.4, 0.5) is 0 Å². The maximum absolute atomic E-state index is 12.7. The third-order valence-electron chi connectivity index (χ3n) is 3.76. The van der Waals surface area contributed by atoms with Gasteiger partial charge in [0.1, 0.15) is 12.0 Å². The molecule has 2 aromatic rings. The predicted octanol–water partition coefficient (Wildman–Crippen LogP) is 1.97. The maximum Gasteiger partial charge on any atom is 0.258 e. The van der Waals surface area contributed by atoms with Gasteiger partial charge in [-0.25, -0.2) is 0 Å². The van der Waals surface area contributed by atoms with Crippen molar-refractivity contribution in [1.29, 1.82) is 0 Å². The molecule has 1 aliphatic rings. The zero-order chi connectivity index (χ0) is 14.8. The Morgan fingerprint density at radius 1 is 1.29 bits per heavy atom. The van der Waals surface area contributed by atoms with Crippen LogP contribution < -0.4 is 4.74 Å². The van der Waals surface area contributed by atoms with Crippen LogP contribution in [0, 0.1) is 0 Å². The Morgan fingerprint density at radius 2 is 2.14 bits per heavy atom. The molecule has 0 saturated carbocycles. The Kier molecular flexibility index (Phi) is 3.48. The molecule has 0 fully saturated rings. The van der Waals surface area contributed by atoms with Crippen LogP contribution in [-0.2, 0) is 13.1 Å². The Labute approximate surface area is 122 Å². The number of rotatable bonds is 3. The van der Waals surface area contributed by atoms with Gasteiger partial charge in [0, 0.05) is 30.5 Å². The van der Waals surface area contributed by atoms with E-state index in [-0.39, 0.29) is 5.91 Å². The molecule has 1 amide bonds. The molecule has 3 rings (SSSR count). The summed E-state index contributed by atoms with van der Waals surface area (Å²) in [5.74, 6) is 0.384. The van der Waals surface area contributed by atoms with Gasteiger partial charge in [0.05, 0.1) is 19.2 Å². The second kappa shape index (κ2) is 5.44. The highest BCUT2D eigenvalue weighted by Gasteiger charge is 2.24. The van der Waals surface area contributed by atoms with E-state index in [4.69, 9.17) is 4.74 Å². The largest absolute Gasteiger partial charge is 0.496 e. The summed E-state index contributed by atoms with van der Waals surface area (Å²) in [5.41, 5.74) is 2.02. The number of fused-ring (bicyclic) bond motifs is 1. The monoisotopic (exact) mass is 284 g/mol. The zero-order valence-corrected chi connectivity index (χ0v) is 11.8. The van der Waals surface area contributed by atoms with Crippen molar-refractivity contribution in [3.05, 3.63) is 53.3 Å². The van der Waals surface area contributed by atoms with Gasteiger partial charge in [-0.05, 0) is 30.3 Å². The van der Waals surface area contributed by atoms with E-state index in [0.29, 0.717) is 30.0 Å². The van der Waals surface area contributed by atoms with Crippen LogP contribution in [0.3, 0.4) is 0 Å². The summed E-state index contributed by atoms with van der Waals surface area (Å²) in [6.45, 7) is 2.00. The number of methoxy groups -OCH3 is 1. The van der Waals surface area contributed by atoms with Crippen LogP contribution in [-0.4, -0.2) is 35.3 Å². The highest BCUT2D eigenvalue weighted by atomic mass is 16.5. The van der Waals surface area contributed by atoms with E-state index in [0.717, 1.165) is 18.5 Å². The predicted molar refractivity (Wildman–Crippen MR) is 77.6 cm³/mol. The number of benzene rings is 1. The van der Waals surface area contributed by atoms with E-state index >= 15 is 0 Å². The third-order valence-corrected chi connectivity index (χ3v) is 3.76. The lowest BCUT2D eigenvalue weighted by Crippen LogP contribution is -2.38. The summed E-state index contributed by atoms with van der Waals surface area (Å²) < 4.78 is 7.38. The molecule has 0 bridgehead atoms. The first-order chi connectivity index (χ1) is 10.2. The Bertz CT molecular complexity index is 691. The molecule has 0 aliphatic carbocycles. The van der Waals surface area contributed by atoms with Gasteiger partial charge in [0.2, 0.25) is 0 Å². The molecule has 0 spiro atoms. The molecule has 0 saturated heterocycles. The van der Waals surface area contributed by atoms with Gasteiger partial charge in [-0.2, -0.15) is 0 Å². The quantitative estimate of drug-likeness (QED) is 0.810. The second-order valence-corrected chi connectivity index (χ2v) is 5.00. The average Bonchev–Trinajstić information content (AvgIpc) is 3.01. The number of hydrogen-bond acceptors (Lipinski definition) is 3. The Balaban J connectivity index is 1.90. The van der Waals surface area contributed by atoms with E-state index in [9.17, 15) is 9.59 Å². The molecule has 5 nitrogen and oxygen atoms in total. The van der Waals surface area contributed by atoms with Crippen LogP contribution in [0.1, 0.15) is 26.4 Å². The number of carbonyl (C=O) groups is 2. The minimum absolute atomic E-state index is 0.108. The first kappa shape index (κ1) is 13.4. The van der Waals surface area contributed by atoms with Crippen molar-refractivity contribution in [3.8, 4) is 5.75 Å². The molecule has 0 unspecified atom stereocenters. The van der Waals surface area contributed by atoms with Gasteiger partial charge in [-0.3, -0.25) is 9.59 Å². The molecule has 1 aromatic carbocycles. The van der Waals surface area contributed by atoms with Crippen LogP contribution in [0.25, 0.3) is 0 Å². The second-order valence-electron chi connectivity index (χ2n) is 5.00. The molecule has 21 heavy (non-hydrogen) atoms. The SMILES string of the molecule is COc1ccc(C=O)cc1C(=O)N1CCn2cccc2C1. The fourth-order valence-electron chi connectivity index (χ4n) is 2.62. The number of carbonyl (C=O) groups excluding carboxylic acids is 2. The van der Waals surface area contributed by atoms with Crippen LogP contribution >= 0.6 is 0 Å². The normalized spacial score (nSPS) is 13.7. The Morgan fingerprint density at radius 3 is 2.90 bits per heavy atom. The van der Waals surface area contributed by atoms with Gasteiger partial charge >= 0.3 is 0 Å². The van der Waals surface area contributed by atoms with Gasteiger partial charge in [0.25, 0.3) is 5.91 Å². The fourth-order valence-corrected chi connectivity index (χ4v) is 2.62. The van der Waals surface area contributed by atoms with Crippen molar-refractivity contribution >= 4 is 12.2 Å². The van der Waals surface area contributed by atoms with Crippen LogP contribution in [0.15, 0.2) is 36.5 Å². The molecule has 2 heterocycles. The van der Waals surface area contributed by atoms with Crippen LogP contribution in [0.5, 0.6) is 5.75 Å². The molecule has 5 heteroatoms. The van der Waals surface area contributed by atoms with Crippen LogP contribution in [0.2, 0.25) is 0 Å². The molecule has 1 aromatic heterocycles. The molecular weight excluding hydrogens is 268 g/mol. The first-order valence-corrected chi connectivity index (χ1v) is 6.79. The van der Waals surface area contributed by atoms with E-state index in [2.05, 4.69) is 4.57 Å². The van der Waals surface area contributed by atoms with Gasteiger partial charge in [-0.1, -0.05) is 0 Å². The molecule has 1 aliphatic heterocycles. The summed E-state index contributed by atoms with van der Waals surface area (Å²) in [4.78, 5) is 25.4. The third kappa shape index (κ3) is 2.42. The van der Waals surface area contributed by atoms with Crippen molar-refractivity contribution in [3.63, 3.8) is 0 Å². The fraction of sp³-hybridized carbons (Fsp3) is 0.250. The summed E-state index contributed by atoms with van der Waals surface area (Å²) >= 11 is 0.